The van der Waals surface area contributed by atoms with Crippen molar-refractivity contribution in [2.24, 2.45) is 0 Å². The van der Waals surface area contributed by atoms with Crippen molar-refractivity contribution < 1.29 is 17.9 Å². The summed E-state index contributed by atoms with van der Waals surface area (Å²) in [7, 11) is -2.73. The largest absolute Gasteiger partial charge is 0.469 e. The molecule has 0 aliphatic rings. The van der Waals surface area contributed by atoms with Crippen LogP contribution in [0.4, 0.5) is 0 Å². The number of rotatable bonds is 4. The van der Waals surface area contributed by atoms with Gasteiger partial charge in [0.05, 0.1) is 28.0 Å². The molecule has 3 rings (SSSR count). The first-order chi connectivity index (χ1) is 12.7. The molecule has 0 radical (unpaired) electrons. The van der Waals surface area contributed by atoms with Gasteiger partial charge in [-0.2, -0.15) is 0 Å². The lowest BCUT2D eigenvalue weighted by atomic mass is 9.99. The second-order valence-electron chi connectivity index (χ2n) is 5.96. The van der Waals surface area contributed by atoms with Crippen LogP contribution in [0, 0.1) is 6.92 Å². The van der Waals surface area contributed by atoms with Gasteiger partial charge in [-0.15, -0.1) is 0 Å². The number of pyridine rings is 1. The molecule has 3 aromatic rings. The zero-order valence-corrected chi connectivity index (χ0v) is 17.1. The van der Waals surface area contributed by atoms with Crippen LogP contribution in [0.15, 0.2) is 41.4 Å². The average molecular weight is 427 g/mol. The van der Waals surface area contributed by atoms with Gasteiger partial charge in [-0.3, -0.25) is 4.79 Å². The summed E-state index contributed by atoms with van der Waals surface area (Å²) >= 11 is 11.9. The van der Waals surface area contributed by atoms with Gasteiger partial charge in [0.2, 0.25) is 0 Å². The number of fused-ring (bicyclic) bond motifs is 1. The van der Waals surface area contributed by atoms with Crippen molar-refractivity contribution in [2.75, 3.05) is 7.11 Å². The van der Waals surface area contributed by atoms with Crippen molar-refractivity contribution in [2.45, 2.75) is 24.7 Å². The second kappa shape index (κ2) is 7.14. The molecule has 0 N–H and O–H groups in total. The SMILES string of the molecule is COC(=O)C(C)c1c(C)n(S(=O)(=O)c2ccc(Cl)c(Cl)c2)c2ncccc12. The molecule has 0 bridgehead atoms. The van der Waals surface area contributed by atoms with Crippen molar-refractivity contribution in [1.29, 1.82) is 0 Å². The second-order valence-corrected chi connectivity index (χ2v) is 8.56. The van der Waals surface area contributed by atoms with Crippen LogP contribution < -0.4 is 0 Å². The average Bonchev–Trinajstić information content (AvgIpc) is 2.94. The lowest BCUT2D eigenvalue weighted by Gasteiger charge is -2.12. The van der Waals surface area contributed by atoms with E-state index >= 15 is 0 Å². The van der Waals surface area contributed by atoms with E-state index in [1.165, 1.54) is 31.5 Å². The first-order valence-corrected chi connectivity index (χ1v) is 10.1. The first kappa shape index (κ1) is 19.7. The van der Waals surface area contributed by atoms with Gasteiger partial charge >= 0.3 is 5.97 Å². The molecule has 142 valence electrons. The van der Waals surface area contributed by atoms with Gasteiger partial charge in [-0.05, 0) is 49.7 Å². The van der Waals surface area contributed by atoms with E-state index in [9.17, 15) is 13.2 Å². The molecule has 0 fully saturated rings. The zero-order valence-electron chi connectivity index (χ0n) is 14.7. The molecule has 1 unspecified atom stereocenters. The summed E-state index contributed by atoms with van der Waals surface area (Å²) in [6.07, 6.45) is 1.50. The summed E-state index contributed by atoms with van der Waals surface area (Å²) in [5.41, 5.74) is 1.16. The number of carbonyl (C=O) groups excluding carboxylic acids is 1. The van der Waals surface area contributed by atoms with E-state index in [-0.39, 0.29) is 20.6 Å². The maximum Gasteiger partial charge on any atom is 0.312 e. The van der Waals surface area contributed by atoms with E-state index < -0.39 is 21.9 Å². The van der Waals surface area contributed by atoms with E-state index in [0.29, 0.717) is 16.6 Å². The number of hydrogen-bond acceptors (Lipinski definition) is 5. The lowest BCUT2D eigenvalue weighted by Crippen LogP contribution is -2.16. The maximum absolute atomic E-state index is 13.3. The number of nitrogens with zero attached hydrogens (tertiary/aromatic N) is 2. The maximum atomic E-state index is 13.3. The first-order valence-electron chi connectivity index (χ1n) is 7.94. The predicted molar refractivity (Wildman–Crippen MR) is 104 cm³/mol. The van der Waals surface area contributed by atoms with Gasteiger partial charge in [-0.25, -0.2) is 17.4 Å². The number of hydrogen-bond donors (Lipinski definition) is 0. The number of carbonyl (C=O) groups is 1. The molecule has 0 aliphatic carbocycles. The van der Waals surface area contributed by atoms with Crippen LogP contribution in [0.5, 0.6) is 0 Å². The number of halogens is 2. The number of benzene rings is 1. The molecule has 0 spiro atoms. The minimum atomic E-state index is -4.02. The molecule has 27 heavy (non-hydrogen) atoms. The van der Waals surface area contributed by atoms with E-state index in [1.54, 1.807) is 26.0 Å². The molecule has 1 aromatic carbocycles. The summed E-state index contributed by atoms with van der Waals surface area (Å²) < 4.78 is 32.6. The molecule has 9 heteroatoms. The molecule has 0 aliphatic heterocycles. The highest BCUT2D eigenvalue weighted by atomic mass is 35.5. The highest BCUT2D eigenvalue weighted by Gasteiger charge is 2.30. The summed E-state index contributed by atoms with van der Waals surface area (Å²) in [4.78, 5) is 16.3. The summed E-state index contributed by atoms with van der Waals surface area (Å²) in [5, 5.41) is 0.947. The molecule has 6 nitrogen and oxygen atoms in total. The van der Waals surface area contributed by atoms with Gasteiger partial charge < -0.3 is 4.74 Å². The van der Waals surface area contributed by atoms with Gasteiger partial charge in [0.1, 0.15) is 0 Å². The Morgan fingerprint density at radius 2 is 1.93 bits per heavy atom. The Morgan fingerprint density at radius 3 is 2.56 bits per heavy atom. The minimum absolute atomic E-state index is 0.0279. The highest BCUT2D eigenvalue weighted by Crippen LogP contribution is 2.35. The monoisotopic (exact) mass is 426 g/mol. The molecular formula is C18H16Cl2N2O4S. The Kier molecular flexibility index (Phi) is 5.20. The van der Waals surface area contributed by atoms with E-state index in [1.807, 2.05) is 0 Å². The predicted octanol–water partition coefficient (Wildman–Crippen LogP) is 4.17. The number of esters is 1. The molecule has 0 saturated carbocycles. The zero-order chi connectivity index (χ0) is 19.9. The molecule has 1 atom stereocenters. The number of aromatic nitrogens is 2. The molecule has 2 aromatic heterocycles. The fourth-order valence-corrected chi connectivity index (χ4v) is 5.02. The Morgan fingerprint density at radius 1 is 1.22 bits per heavy atom. The van der Waals surface area contributed by atoms with Crippen LogP contribution in [-0.4, -0.2) is 30.5 Å². The van der Waals surface area contributed by atoms with Crippen LogP contribution in [0.25, 0.3) is 11.0 Å². The Hall–Kier alpha value is -2.09. The van der Waals surface area contributed by atoms with E-state index in [4.69, 9.17) is 27.9 Å². The van der Waals surface area contributed by atoms with Crippen LogP contribution >= 0.6 is 23.2 Å². The van der Waals surface area contributed by atoms with Gasteiger partial charge in [0.15, 0.2) is 5.65 Å². The van der Waals surface area contributed by atoms with Gasteiger partial charge in [0.25, 0.3) is 10.0 Å². The minimum Gasteiger partial charge on any atom is -0.469 e. The van der Waals surface area contributed by atoms with E-state index in [0.717, 1.165) is 3.97 Å². The Labute approximate surface area is 166 Å². The lowest BCUT2D eigenvalue weighted by molar-refractivity contribution is -0.141. The quantitative estimate of drug-likeness (QED) is 0.585. The smallest absolute Gasteiger partial charge is 0.312 e. The topological polar surface area (TPSA) is 78.3 Å². The van der Waals surface area contributed by atoms with Gasteiger partial charge in [0, 0.05) is 17.3 Å². The van der Waals surface area contributed by atoms with Gasteiger partial charge in [-0.1, -0.05) is 23.2 Å². The van der Waals surface area contributed by atoms with Crippen molar-refractivity contribution in [3.05, 3.63) is 57.8 Å². The fraction of sp³-hybridized carbons (Fsp3) is 0.222. The molecule has 0 saturated heterocycles. The third kappa shape index (κ3) is 3.20. The fourth-order valence-electron chi connectivity index (χ4n) is 3.11. The normalized spacial score (nSPS) is 12.9. The Bertz CT molecular complexity index is 1160. The summed E-state index contributed by atoms with van der Waals surface area (Å²) in [5.74, 6) is -1.13. The molecule has 2 heterocycles. The molecular weight excluding hydrogens is 411 g/mol. The van der Waals surface area contributed by atoms with Crippen LogP contribution in [0.2, 0.25) is 10.0 Å². The standard InChI is InChI=1S/C18H16Cl2N2O4S/c1-10(18(23)26-3)16-11(2)22(17-13(16)5-4-8-21-17)27(24,25)12-6-7-14(19)15(20)9-12/h4-10H,1-3H3. The van der Waals surface area contributed by atoms with Crippen molar-refractivity contribution in [3.8, 4) is 0 Å². The van der Waals surface area contributed by atoms with Crippen LogP contribution in [-0.2, 0) is 19.6 Å². The van der Waals surface area contributed by atoms with Crippen LogP contribution in [0.1, 0.15) is 24.1 Å². The molecule has 0 amide bonds. The number of methoxy groups -OCH3 is 1. The summed E-state index contributed by atoms with van der Waals surface area (Å²) in [6.45, 7) is 3.29. The van der Waals surface area contributed by atoms with Crippen molar-refractivity contribution in [1.82, 2.24) is 8.96 Å². The summed E-state index contributed by atoms with van der Waals surface area (Å²) in [6, 6.07) is 7.50. The third-order valence-electron chi connectivity index (χ3n) is 4.38. The number of ether oxygens (including phenoxy) is 1. The van der Waals surface area contributed by atoms with E-state index in [2.05, 4.69) is 4.98 Å². The van der Waals surface area contributed by atoms with Crippen molar-refractivity contribution in [3.63, 3.8) is 0 Å². The third-order valence-corrected chi connectivity index (χ3v) is 6.90. The van der Waals surface area contributed by atoms with Crippen molar-refractivity contribution >= 4 is 50.2 Å². The Balaban J connectivity index is 2.33. The van der Waals surface area contributed by atoms with Crippen LogP contribution in [0.3, 0.4) is 0 Å². The highest BCUT2D eigenvalue weighted by molar-refractivity contribution is 7.90.